The molecule has 28 heavy (non-hydrogen) atoms. The maximum Gasteiger partial charge on any atom is 0.226 e. The Kier molecular flexibility index (Phi) is 5.32. The van der Waals surface area contributed by atoms with E-state index in [9.17, 15) is 9.59 Å². The molecule has 0 fully saturated rings. The topological polar surface area (TPSA) is 76.5 Å². The van der Waals surface area contributed by atoms with Gasteiger partial charge >= 0.3 is 0 Å². The molecule has 2 amide bonds. The Labute approximate surface area is 164 Å². The van der Waals surface area contributed by atoms with Gasteiger partial charge in [-0.15, -0.1) is 0 Å². The third kappa shape index (κ3) is 3.88. The van der Waals surface area contributed by atoms with Gasteiger partial charge in [0.05, 0.1) is 37.6 Å². The maximum atomic E-state index is 13.2. The van der Waals surface area contributed by atoms with Gasteiger partial charge in [-0.1, -0.05) is 25.1 Å². The van der Waals surface area contributed by atoms with Crippen LogP contribution in [0.4, 0.5) is 0 Å². The highest BCUT2D eigenvalue weighted by molar-refractivity contribution is 5.79. The first-order chi connectivity index (χ1) is 13.6. The van der Waals surface area contributed by atoms with E-state index >= 15 is 0 Å². The highest BCUT2D eigenvalue weighted by Crippen LogP contribution is 2.28. The van der Waals surface area contributed by atoms with Crippen LogP contribution in [0, 0.1) is 5.92 Å². The van der Waals surface area contributed by atoms with Gasteiger partial charge < -0.3 is 15.0 Å². The second-order valence-corrected chi connectivity index (χ2v) is 7.39. The number of fused-ring (bicyclic) bond motifs is 2. The normalized spacial score (nSPS) is 18.5. The Hall–Kier alpha value is -2.83. The third-order valence-electron chi connectivity index (χ3n) is 5.46. The summed E-state index contributed by atoms with van der Waals surface area (Å²) in [6.45, 7) is 4.73. The van der Waals surface area contributed by atoms with E-state index in [1.807, 2.05) is 46.8 Å². The lowest BCUT2D eigenvalue weighted by Gasteiger charge is -2.30. The van der Waals surface area contributed by atoms with E-state index < -0.39 is 0 Å². The quantitative estimate of drug-likeness (QED) is 0.876. The summed E-state index contributed by atoms with van der Waals surface area (Å²) in [4.78, 5) is 26.6. The number of aromatic nitrogens is 2. The van der Waals surface area contributed by atoms with Gasteiger partial charge in [0.2, 0.25) is 11.8 Å². The molecule has 0 radical (unpaired) electrons. The van der Waals surface area contributed by atoms with Crippen molar-refractivity contribution in [2.45, 2.75) is 45.8 Å². The predicted octanol–water partition coefficient (Wildman–Crippen LogP) is 1.89. The molecule has 148 valence electrons. The van der Waals surface area contributed by atoms with Gasteiger partial charge in [0.25, 0.3) is 0 Å². The van der Waals surface area contributed by atoms with Gasteiger partial charge in [-0.3, -0.25) is 14.3 Å². The van der Waals surface area contributed by atoms with E-state index in [1.54, 1.807) is 0 Å². The van der Waals surface area contributed by atoms with Crippen LogP contribution in [0.2, 0.25) is 0 Å². The van der Waals surface area contributed by atoms with Crippen molar-refractivity contribution in [2.75, 3.05) is 13.2 Å². The molecule has 4 rings (SSSR count). The predicted molar refractivity (Wildman–Crippen MR) is 104 cm³/mol. The molecule has 1 aromatic carbocycles. The van der Waals surface area contributed by atoms with Crippen LogP contribution in [-0.2, 0) is 35.6 Å². The molecular weight excluding hydrogens is 356 g/mol. The van der Waals surface area contributed by atoms with Gasteiger partial charge in [-0.2, -0.15) is 5.10 Å². The number of amides is 2. The van der Waals surface area contributed by atoms with Crippen molar-refractivity contribution < 1.29 is 14.3 Å². The van der Waals surface area contributed by atoms with Crippen molar-refractivity contribution in [1.82, 2.24) is 20.0 Å². The number of hydrogen-bond acceptors (Lipinski definition) is 4. The molecule has 0 aliphatic carbocycles. The van der Waals surface area contributed by atoms with Crippen molar-refractivity contribution in [3.63, 3.8) is 0 Å². The smallest absolute Gasteiger partial charge is 0.226 e. The molecule has 0 saturated carbocycles. The highest BCUT2D eigenvalue weighted by Gasteiger charge is 2.30. The molecule has 7 nitrogen and oxygen atoms in total. The fraction of sp³-hybridized carbons (Fsp3) is 0.476. The molecule has 0 saturated heterocycles. The zero-order chi connectivity index (χ0) is 19.5. The largest absolute Gasteiger partial charge is 0.493 e. The molecule has 2 aliphatic rings. The minimum absolute atomic E-state index is 0.0126. The van der Waals surface area contributed by atoms with Crippen molar-refractivity contribution in [1.29, 1.82) is 0 Å². The zero-order valence-corrected chi connectivity index (χ0v) is 16.2. The van der Waals surface area contributed by atoms with E-state index in [-0.39, 0.29) is 17.7 Å². The lowest BCUT2D eigenvalue weighted by molar-refractivity contribution is -0.137. The van der Waals surface area contributed by atoms with Gasteiger partial charge in [-0.05, 0) is 30.5 Å². The Balaban J connectivity index is 1.42. The number of carbonyl (C=O) groups excluding carboxylic acids is 2. The van der Waals surface area contributed by atoms with E-state index in [4.69, 9.17) is 4.74 Å². The summed E-state index contributed by atoms with van der Waals surface area (Å²) in [6, 6.07) is 9.96. The van der Waals surface area contributed by atoms with E-state index in [1.165, 1.54) is 0 Å². The second kappa shape index (κ2) is 8.04. The summed E-state index contributed by atoms with van der Waals surface area (Å²) >= 11 is 0. The van der Waals surface area contributed by atoms with E-state index in [0.29, 0.717) is 39.2 Å². The lowest BCUT2D eigenvalue weighted by Crippen LogP contribution is -2.42. The molecule has 1 atom stereocenters. The van der Waals surface area contributed by atoms with Crippen molar-refractivity contribution in [3.05, 3.63) is 47.3 Å². The van der Waals surface area contributed by atoms with Crippen LogP contribution in [0.5, 0.6) is 5.75 Å². The number of hydrogen-bond donors (Lipinski definition) is 1. The molecule has 3 heterocycles. The van der Waals surface area contributed by atoms with Crippen LogP contribution in [-0.4, -0.2) is 39.6 Å². The summed E-state index contributed by atoms with van der Waals surface area (Å²) in [5.41, 5.74) is 2.96. The first-order valence-corrected chi connectivity index (χ1v) is 9.96. The van der Waals surface area contributed by atoms with E-state index in [0.717, 1.165) is 35.5 Å². The number of nitrogens with one attached hydrogen (secondary N) is 1. The SMILES string of the molecule is CCC(=O)NCc1cc2n(n1)CCN(C(=O)C1CCOc3ccccc3C1)C2. The highest BCUT2D eigenvalue weighted by atomic mass is 16.5. The summed E-state index contributed by atoms with van der Waals surface area (Å²) < 4.78 is 7.76. The Bertz CT molecular complexity index is 876. The van der Waals surface area contributed by atoms with Gasteiger partial charge in [0, 0.05) is 18.9 Å². The molecule has 1 aromatic heterocycles. The van der Waals surface area contributed by atoms with Gasteiger partial charge in [-0.25, -0.2) is 0 Å². The molecule has 7 heteroatoms. The number of benzene rings is 1. The van der Waals surface area contributed by atoms with Crippen LogP contribution in [0.25, 0.3) is 0 Å². The molecule has 1 unspecified atom stereocenters. The minimum Gasteiger partial charge on any atom is -0.493 e. The number of nitrogens with zero attached hydrogens (tertiary/aromatic N) is 3. The Morgan fingerprint density at radius 3 is 3.00 bits per heavy atom. The van der Waals surface area contributed by atoms with E-state index in [2.05, 4.69) is 10.4 Å². The van der Waals surface area contributed by atoms with Crippen molar-refractivity contribution in [2.24, 2.45) is 5.92 Å². The summed E-state index contributed by atoms with van der Waals surface area (Å²) in [5, 5.41) is 7.40. The van der Waals surface area contributed by atoms with Crippen LogP contribution >= 0.6 is 0 Å². The monoisotopic (exact) mass is 382 g/mol. The number of carbonyl (C=O) groups is 2. The number of ether oxygens (including phenoxy) is 1. The van der Waals surface area contributed by atoms with Crippen molar-refractivity contribution >= 4 is 11.8 Å². The fourth-order valence-electron chi connectivity index (χ4n) is 3.88. The second-order valence-electron chi connectivity index (χ2n) is 7.39. The average Bonchev–Trinajstić information content (AvgIpc) is 3.01. The Morgan fingerprint density at radius 2 is 2.14 bits per heavy atom. The van der Waals surface area contributed by atoms with Crippen LogP contribution < -0.4 is 10.1 Å². The average molecular weight is 382 g/mol. The summed E-state index contributed by atoms with van der Waals surface area (Å²) in [5.74, 6) is 1.04. The number of rotatable bonds is 4. The van der Waals surface area contributed by atoms with Crippen LogP contribution in [0.15, 0.2) is 30.3 Å². The summed E-state index contributed by atoms with van der Waals surface area (Å²) in [6.07, 6.45) is 1.92. The molecule has 2 aromatic rings. The first-order valence-electron chi connectivity index (χ1n) is 9.96. The zero-order valence-electron chi connectivity index (χ0n) is 16.2. The molecule has 2 aliphatic heterocycles. The number of para-hydroxylation sites is 1. The standard InChI is InChI=1S/C21H26N4O3/c1-2-20(26)22-13-17-12-18-14-24(8-9-25(18)23-17)21(27)16-7-10-28-19-6-4-3-5-15(19)11-16/h3-6,12,16H,2,7-11,13-14H2,1H3,(H,22,26). The van der Waals surface area contributed by atoms with Crippen LogP contribution in [0.3, 0.4) is 0 Å². The van der Waals surface area contributed by atoms with Crippen molar-refractivity contribution in [3.8, 4) is 5.75 Å². The van der Waals surface area contributed by atoms with Gasteiger partial charge in [0.1, 0.15) is 5.75 Å². The fourth-order valence-corrected chi connectivity index (χ4v) is 3.88. The molecule has 1 N–H and O–H groups in total. The van der Waals surface area contributed by atoms with Crippen LogP contribution in [0.1, 0.15) is 36.7 Å². The molecular formula is C21H26N4O3. The minimum atomic E-state index is -0.0542. The molecule has 0 spiro atoms. The van der Waals surface area contributed by atoms with Gasteiger partial charge in [0.15, 0.2) is 0 Å². The molecule has 0 bridgehead atoms. The first kappa shape index (κ1) is 18.5. The Morgan fingerprint density at radius 1 is 1.29 bits per heavy atom. The lowest BCUT2D eigenvalue weighted by atomic mass is 9.95. The third-order valence-corrected chi connectivity index (χ3v) is 5.46. The maximum absolute atomic E-state index is 13.2. The summed E-state index contributed by atoms with van der Waals surface area (Å²) in [7, 11) is 0.